The molecule has 0 aliphatic carbocycles. The Labute approximate surface area is 268 Å². The standard InChI is InChI=1S/C38H60N2O4/c1-5-9-17-25-39(26-18-10-6-2)29-37(41)43-31-33-21-13-15-23-35(33)36-24-16-14-22-34(36)32-44-38(42)30-40(27-19-11-7-3)28-20-12-8-4/h13-16,21-24H,5-12,17-20,25-32H2,1-4H3. The first-order chi connectivity index (χ1) is 21.5. The van der Waals surface area contributed by atoms with Crippen molar-refractivity contribution in [3.8, 4) is 11.1 Å². The molecule has 0 aromatic heterocycles. The predicted molar refractivity (Wildman–Crippen MR) is 182 cm³/mol. The number of ether oxygens (including phenoxy) is 2. The molecule has 0 fully saturated rings. The minimum Gasteiger partial charge on any atom is -0.460 e. The first-order valence-corrected chi connectivity index (χ1v) is 17.4. The molecule has 0 unspecified atom stereocenters. The van der Waals surface area contributed by atoms with Gasteiger partial charge >= 0.3 is 11.9 Å². The topological polar surface area (TPSA) is 59.1 Å². The van der Waals surface area contributed by atoms with Crippen molar-refractivity contribution in [3.05, 3.63) is 59.7 Å². The van der Waals surface area contributed by atoms with Gasteiger partial charge in [-0.2, -0.15) is 0 Å². The van der Waals surface area contributed by atoms with Crippen molar-refractivity contribution in [2.24, 2.45) is 0 Å². The zero-order chi connectivity index (χ0) is 31.8. The van der Waals surface area contributed by atoms with Crippen molar-refractivity contribution in [2.45, 2.75) is 118 Å². The van der Waals surface area contributed by atoms with Crippen LogP contribution in [0.25, 0.3) is 11.1 Å². The van der Waals surface area contributed by atoms with Crippen LogP contribution in [-0.2, 0) is 32.3 Å². The second-order valence-electron chi connectivity index (χ2n) is 12.0. The lowest BCUT2D eigenvalue weighted by molar-refractivity contribution is -0.147. The van der Waals surface area contributed by atoms with Crippen molar-refractivity contribution in [2.75, 3.05) is 39.3 Å². The monoisotopic (exact) mass is 608 g/mol. The summed E-state index contributed by atoms with van der Waals surface area (Å²) in [5.41, 5.74) is 3.88. The number of carbonyl (C=O) groups excluding carboxylic acids is 2. The van der Waals surface area contributed by atoms with Gasteiger partial charge in [0.05, 0.1) is 13.1 Å². The van der Waals surface area contributed by atoms with E-state index in [1.807, 2.05) is 36.4 Å². The molecular weight excluding hydrogens is 548 g/mol. The molecule has 246 valence electrons. The number of benzene rings is 2. The highest BCUT2D eigenvalue weighted by Crippen LogP contribution is 2.28. The van der Waals surface area contributed by atoms with E-state index in [1.165, 1.54) is 51.4 Å². The van der Waals surface area contributed by atoms with E-state index in [4.69, 9.17) is 9.47 Å². The van der Waals surface area contributed by atoms with Crippen LogP contribution in [0.15, 0.2) is 48.5 Å². The van der Waals surface area contributed by atoms with Crippen molar-refractivity contribution in [1.82, 2.24) is 9.80 Å². The maximum atomic E-state index is 12.9. The van der Waals surface area contributed by atoms with Gasteiger partial charge in [0.2, 0.25) is 0 Å². The van der Waals surface area contributed by atoms with Crippen LogP contribution in [-0.4, -0.2) is 61.0 Å². The third kappa shape index (κ3) is 15.3. The van der Waals surface area contributed by atoms with Crippen LogP contribution >= 0.6 is 0 Å². The molecule has 0 saturated heterocycles. The van der Waals surface area contributed by atoms with Crippen LogP contribution < -0.4 is 0 Å². The molecule has 0 amide bonds. The summed E-state index contributed by atoms with van der Waals surface area (Å²) in [6.45, 7) is 13.6. The molecule has 0 atom stereocenters. The molecule has 2 aromatic rings. The summed E-state index contributed by atoms with van der Waals surface area (Å²) in [7, 11) is 0. The van der Waals surface area contributed by atoms with Gasteiger partial charge in [0.15, 0.2) is 0 Å². The molecule has 2 aromatic carbocycles. The quantitative estimate of drug-likeness (QED) is 0.0829. The van der Waals surface area contributed by atoms with Crippen molar-refractivity contribution < 1.29 is 19.1 Å². The fourth-order valence-corrected chi connectivity index (χ4v) is 5.47. The summed E-state index contributed by atoms with van der Waals surface area (Å²) >= 11 is 0. The predicted octanol–water partition coefficient (Wildman–Crippen LogP) is 8.80. The lowest BCUT2D eigenvalue weighted by Gasteiger charge is -2.22. The SMILES string of the molecule is CCCCCN(CCCCC)CC(=O)OCc1ccccc1-c1ccccc1COC(=O)CN(CCCCC)CCCCC. The van der Waals surface area contributed by atoms with Crippen LogP contribution in [0, 0.1) is 0 Å². The summed E-state index contributed by atoms with van der Waals surface area (Å²) < 4.78 is 11.6. The summed E-state index contributed by atoms with van der Waals surface area (Å²) in [6.07, 6.45) is 13.8. The van der Waals surface area contributed by atoms with E-state index in [9.17, 15) is 9.59 Å². The van der Waals surface area contributed by atoms with Crippen LogP contribution in [0.1, 0.15) is 116 Å². The summed E-state index contributed by atoms with van der Waals surface area (Å²) in [6, 6.07) is 16.1. The van der Waals surface area contributed by atoms with E-state index < -0.39 is 0 Å². The molecule has 0 N–H and O–H groups in total. The normalized spacial score (nSPS) is 11.3. The van der Waals surface area contributed by atoms with Crippen LogP contribution in [0.4, 0.5) is 0 Å². The number of nitrogens with zero attached hydrogens (tertiary/aromatic N) is 2. The third-order valence-electron chi connectivity index (χ3n) is 8.12. The van der Waals surface area contributed by atoms with Crippen molar-refractivity contribution in [3.63, 3.8) is 0 Å². The smallest absolute Gasteiger partial charge is 0.320 e. The molecule has 6 heteroatoms. The zero-order valence-electron chi connectivity index (χ0n) is 28.3. The van der Waals surface area contributed by atoms with Gasteiger partial charge in [-0.25, -0.2) is 0 Å². The Morgan fingerprint density at radius 3 is 1.14 bits per heavy atom. The van der Waals surface area contributed by atoms with E-state index in [0.717, 1.165) is 74.1 Å². The fourth-order valence-electron chi connectivity index (χ4n) is 5.47. The van der Waals surface area contributed by atoms with E-state index in [-0.39, 0.29) is 25.2 Å². The molecule has 0 heterocycles. The maximum Gasteiger partial charge on any atom is 0.320 e. The number of carbonyl (C=O) groups is 2. The molecule has 2 rings (SSSR count). The van der Waals surface area contributed by atoms with Crippen molar-refractivity contribution in [1.29, 1.82) is 0 Å². The first kappa shape index (κ1) is 37.5. The highest BCUT2D eigenvalue weighted by molar-refractivity contribution is 5.74. The minimum atomic E-state index is -0.183. The highest BCUT2D eigenvalue weighted by atomic mass is 16.5. The molecule has 44 heavy (non-hydrogen) atoms. The lowest BCUT2D eigenvalue weighted by atomic mass is 9.96. The molecule has 0 spiro atoms. The Morgan fingerprint density at radius 2 is 0.818 bits per heavy atom. The minimum absolute atomic E-state index is 0.183. The molecule has 0 aliphatic rings. The molecule has 0 saturated carbocycles. The van der Waals surface area contributed by atoms with Crippen LogP contribution in [0.3, 0.4) is 0 Å². The average Bonchev–Trinajstić information content (AvgIpc) is 3.03. The van der Waals surface area contributed by atoms with Crippen LogP contribution in [0.5, 0.6) is 0 Å². The van der Waals surface area contributed by atoms with Gasteiger partial charge in [0, 0.05) is 0 Å². The second-order valence-corrected chi connectivity index (χ2v) is 12.0. The van der Waals surface area contributed by atoms with Gasteiger partial charge in [0.1, 0.15) is 13.2 Å². The summed E-state index contributed by atoms with van der Waals surface area (Å²) in [5, 5.41) is 0. The van der Waals surface area contributed by atoms with Gasteiger partial charge in [-0.1, -0.05) is 128 Å². The van der Waals surface area contributed by atoms with Crippen LogP contribution in [0.2, 0.25) is 0 Å². The fraction of sp³-hybridized carbons (Fsp3) is 0.632. The third-order valence-corrected chi connectivity index (χ3v) is 8.12. The lowest BCUT2D eigenvalue weighted by Crippen LogP contribution is -2.33. The summed E-state index contributed by atoms with van der Waals surface area (Å²) in [5.74, 6) is -0.366. The Kier molecular flexibility index (Phi) is 20.2. The molecule has 0 bridgehead atoms. The number of unbranched alkanes of at least 4 members (excludes halogenated alkanes) is 8. The number of hydrogen-bond donors (Lipinski definition) is 0. The van der Waals surface area contributed by atoms with E-state index in [2.05, 4.69) is 49.6 Å². The van der Waals surface area contributed by atoms with E-state index in [0.29, 0.717) is 13.1 Å². The zero-order valence-corrected chi connectivity index (χ0v) is 28.3. The number of esters is 2. The molecule has 0 aliphatic heterocycles. The Bertz CT molecular complexity index is 953. The Balaban J connectivity index is 2.03. The Morgan fingerprint density at radius 1 is 0.500 bits per heavy atom. The molecular formula is C38H60N2O4. The summed E-state index contributed by atoms with van der Waals surface area (Å²) in [4.78, 5) is 30.3. The molecule has 6 nitrogen and oxygen atoms in total. The Hall–Kier alpha value is -2.70. The van der Waals surface area contributed by atoms with Gasteiger partial charge in [-0.3, -0.25) is 19.4 Å². The maximum absolute atomic E-state index is 12.9. The average molecular weight is 609 g/mol. The van der Waals surface area contributed by atoms with Crippen molar-refractivity contribution >= 4 is 11.9 Å². The number of hydrogen-bond acceptors (Lipinski definition) is 6. The van der Waals surface area contributed by atoms with Gasteiger partial charge < -0.3 is 9.47 Å². The highest BCUT2D eigenvalue weighted by Gasteiger charge is 2.16. The number of rotatable bonds is 25. The second kappa shape index (κ2) is 23.7. The first-order valence-electron chi connectivity index (χ1n) is 17.4. The largest absolute Gasteiger partial charge is 0.460 e. The van der Waals surface area contributed by atoms with E-state index in [1.54, 1.807) is 0 Å². The molecule has 0 radical (unpaired) electrons. The van der Waals surface area contributed by atoms with E-state index >= 15 is 0 Å². The van der Waals surface area contributed by atoms with Gasteiger partial charge in [0.25, 0.3) is 0 Å². The van der Waals surface area contributed by atoms with Gasteiger partial charge in [-0.05, 0) is 74.1 Å². The van der Waals surface area contributed by atoms with Gasteiger partial charge in [-0.15, -0.1) is 0 Å².